The van der Waals surface area contributed by atoms with Gasteiger partial charge in [-0.1, -0.05) is 25.1 Å². The molecule has 90 valence electrons. The Labute approximate surface area is 101 Å². The van der Waals surface area contributed by atoms with Gasteiger partial charge in [-0.25, -0.2) is 0 Å². The number of ketones is 1. The fourth-order valence-electron chi connectivity index (χ4n) is 2.24. The quantitative estimate of drug-likeness (QED) is 0.800. The van der Waals surface area contributed by atoms with E-state index in [1.54, 1.807) is 4.90 Å². The van der Waals surface area contributed by atoms with Gasteiger partial charge in [0.15, 0.2) is 5.78 Å². The Hall–Kier alpha value is -1.64. The summed E-state index contributed by atoms with van der Waals surface area (Å²) < 4.78 is 0. The smallest absolute Gasteiger partial charge is 0.237 e. The first-order valence-corrected chi connectivity index (χ1v) is 5.91. The van der Waals surface area contributed by atoms with E-state index in [0.717, 1.165) is 11.3 Å². The van der Waals surface area contributed by atoms with Gasteiger partial charge in [0.2, 0.25) is 5.91 Å². The predicted molar refractivity (Wildman–Crippen MR) is 67.1 cm³/mol. The Morgan fingerprint density at radius 1 is 1.29 bits per heavy atom. The third kappa shape index (κ3) is 1.75. The number of hydrogen-bond acceptors (Lipinski definition) is 2. The molecule has 0 bridgehead atoms. The van der Waals surface area contributed by atoms with E-state index in [-0.39, 0.29) is 18.2 Å². The lowest BCUT2D eigenvalue weighted by atomic mass is 9.86. The van der Waals surface area contributed by atoms with Crippen LogP contribution in [0.2, 0.25) is 0 Å². The van der Waals surface area contributed by atoms with Crippen molar-refractivity contribution in [3.8, 4) is 0 Å². The fraction of sp³-hybridized carbons (Fsp3) is 0.429. The van der Waals surface area contributed by atoms with E-state index in [4.69, 9.17) is 0 Å². The molecule has 1 aromatic rings. The highest BCUT2D eigenvalue weighted by molar-refractivity contribution is 6.10. The highest BCUT2D eigenvalue weighted by Crippen LogP contribution is 2.40. The van der Waals surface area contributed by atoms with Crippen LogP contribution in [0.25, 0.3) is 0 Å². The Balaban J connectivity index is 2.43. The third-order valence-electron chi connectivity index (χ3n) is 3.38. The first kappa shape index (κ1) is 11.8. The van der Waals surface area contributed by atoms with Crippen LogP contribution in [0, 0.1) is 0 Å². The van der Waals surface area contributed by atoms with Crippen LogP contribution in [0.1, 0.15) is 32.8 Å². The molecule has 2 rings (SSSR count). The van der Waals surface area contributed by atoms with Crippen LogP contribution in [-0.2, 0) is 15.0 Å². The molecule has 0 N–H and O–H groups in total. The van der Waals surface area contributed by atoms with E-state index >= 15 is 0 Å². The number of fused-ring (bicyclic) bond motifs is 1. The van der Waals surface area contributed by atoms with Gasteiger partial charge in [-0.15, -0.1) is 0 Å². The molecule has 0 radical (unpaired) electrons. The SMILES string of the molecule is CCC(=O)CN1C(=O)C(C)(C)c2ccccc21. The molecular formula is C14H17NO2. The summed E-state index contributed by atoms with van der Waals surface area (Å²) in [5, 5.41) is 0. The van der Waals surface area contributed by atoms with Crippen LogP contribution in [0.15, 0.2) is 24.3 Å². The van der Waals surface area contributed by atoms with Crippen LogP contribution >= 0.6 is 0 Å². The summed E-state index contributed by atoms with van der Waals surface area (Å²) in [7, 11) is 0. The highest BCUT2D eigenvalue weighted by Gasteiger charge is 2.43. The number of hydrogen-bond donors (Lipinski definition) is 0. The molecule has 0 unspecified atom stereocenters. The predicted octanol–water partition coefficient (Wildman–Crippen LogP) is 2.29. The van der Waals surface area contributed by atoms with Gasteiger partial charge in [0, 0.05) is 12.1 Å². The number of benzene rings is 1. The monoisotopic (exact) mass is 231 g/mol. The van der Waals surface area contributed by atoms with Crippen LogP contribution in [0.4, 0.5) is 5.69 Å². The maximum atomic E-state index is 12.3. The summed E-state index contributed by atoms with van der Waals surface area (Å²) >= 11 is 0. The zero-order valence-corrected chi connectivity index (χ0v) is 10.5. The molecule has 3 nitrogen and oxygen atoms in total. The Morgan fingerprint density at radius 2 is 1.94 bits per heavy atom. The molecule has 17 heavy (non-hydrogen) atoms. The Bertz CT molecular complexity index is 477. The van der Waals surface area contributed by atoms with Gasteiger partial charge in [0.05, 0.1) is 12.0 Å². The summed E-state index contributed by atoms with van der Waals surface area (Å²) in [4.78, 5) is 25.5. The Morgan fingerprint density at radius 3 is 2.59 bits per heavy atom. The van der Waals surface area contributed by atoms with Crippen molar-refractivity contribution in [1.82, 2.24) is 0 Å². The van der Waals surface area contributed by atoms with E-state index in [1.807, 2.05) is 45.0 Å². The molecule has 1 aliphatic rings. The normalized spacial score (nSPS) is 17.1. The van der Waals surface area contributed by atoms with Crippen LogP contribution in [0.3, 0.4) is 0 Å². The number of Topliss-reactive ketones (excluding diaryl/α,β-unsaturated/α-hetero) is 1. The lowest BCUT2D eigenvalue weighted by Gasteiger charge is -2.19. The van der Waals surface area contributed by atoms with Crippen molar-refractivity contribution in [2.24, 2.45) is 0 Å². The van der Waals surface area contributed by atoms with Crippen molar-refractivity contribution in [3.63, 3.8) is 0 Å². The summed E-state index contributed by atoms with van der Waals surface area (Å²) in [6.07, 6.45) is 0.465. The zero-order chi connectivity index (χ0) is 12.6. The molecule has 3 heteroatoms. The average molecular weight is 231 g/mol. The first-order chi connectivity index (χ1) is 7.98. The molecule has 1 aromatic carbocycles. The number of rotatable bonds is 3. The van der Waals surface area contributed by atoms with Gasteiger partial charge in [-0.05, 0) is 25.5 Å². The van der Waals surface area contributed by atoms with Crippen molar-refractivity contribution >= 4 is 17.4 Å². The summed E-state index contributed by atoms with van der Waals surface area (Å²) in [5.74, 6) is 0.103. The molecule has 0 saturated heterocycles. The molecule has 0 aliphatic carbocycles. The number of carbonyl (C=O) groups is 2. The van der Waals surface area contributed by atoms with Crippen LogP contribution in [-0.4, -0.2) is 18.2 Å². The second-order valence-electron chi connectivity index (χ2n) is 4.93. The molecule has 1 heterocycles. The molecule has 0 saturated carbocycles. The van der Waals surface area contributed by atoms with Crippen molar-refractivity contribution in [2.45, 2.75) is 32.6 Å². The third-order valence-corrected chi connectivity index (χ3v) is 3.38. The average Bonchev–Trinajstić information content (AvgIpc) is 2.51. The van der Waals surface area contributed by atoms with Gasteiger partial charge in [0.25, 0.3) is 0 Å². The number of anilines is 1. The van der Waals surface area contributed by atoms with Crippen LogP contribution in [0.5, 0.6) is 0 Å². The summed E-state index contributed by atoms with van der Waals surface area (Å²) in [6.45, 7) is 5.82. The maximum absolute atomic E-state index is 12.3. The minimum absolute atomic E-state index is 0.0144. The maximum Gasteiger partial charge on any atom is 0.237 e. The van der Waals surface area contributed by atoms with Gasteiger partial charge < -0.3 is 4.90 Å². The zero-order valence-electron chi connectivity index (χ0n) is 10.5. The van der Waals surface area contributed by atoms with Crippen molar-refractivity contribution in [2.75, 3.05) is 11.4 Å². The molecule has 0 aromatic heterocycles. The molecule has 1 aliphatic heterocycles. The van der Waals surface area contributed by atoms with Gasteiger partial charge in [-0.3, -0.25) is 9.59 Å². The molecule has 0 fully saturated rings. The lowest BCUT2D eigenvalue weighted by molar-refractivity contribution is -0.124. The van der Waals surface area contributed by atoms with E-state index in [0.29, 0.717) is 6.42 Å². The van der Waals surface area contributed by atoms with E-state index < -0.39 is 5.41 Å². The number of nitrogens with zero attached hydrogens (tertiary/aromatic N) is 1. The summed E-state index contributed by atoms with van der Waals surface area (Å²) in [6, 6.07) is 7.70. The highest BCUT2D eigenvalue weighted by atomic mass is 16.2. The minimum atomic E-state index is -0.523. The second kappa shape index (κ2) is 3.99. The van der Waals surface area contributed by atoms with Crippen LogP contribution < -0.4 is 4.90 Å². The van der Waals surface area contributed by atoms with Gasteiger partial charge >= 0.3 is 0 Å². The van der Waals surface area contributed by atoms with Gasteiger partial charge in [0.1, 0.15) is 0 Å². The molecule has 0 spiro atoms. The number of para-hydroxylation sites is 1. The first-order valence-electron chi connectivity index (χ1n) is 5.91. The topological polar surface area (TPSA) is 37.4 Å². The second-order valence-corrected chi connectivity index (χ2v) is 4.93. The number of amides is 1. The standard InChI is InChI=1S/C14H17NO2/c1-4-10(16)9-15-12-8-6-5-7-11(12)14(2,3)13(15)17/h5-8H,4,9H2,1-3H3. The summed E-state index contributed by atoms with van der Waals surface area (Å²) in [5.41, 5.74) is 1.36. The molecule has 1 amide bonds. The van der Waals surface area contributed by atoms with E-state index in [1.165, 1.54) is 0 Å². The lowest BCUT2D eigenvalue weighted by Crippen LogP contribution is -2.39. The molecular weight excluding hydrogens is 214 g/mol. The Kier molecular flexibility index (Phi) is 2.77. The molecule has 0 atom stereocenters. The van der Waals surface area contributed by atoms with Crippen molar-refractivity contribution in [1.29, 1.82) is 0 Å². The van der Waals surface area contributed by atoms with Crippen molar-refractivity contribution in [3.05, 3.63) is 29.8 Å². The van der Waals surface area contributed by atoms with Crippen molar-refractivity contribution < 1.29 is 9.59 Å². The number of carbonyl (C=O) groups excluding carboxylic acids is 2. The van der Waals surface area contributed by atoms with E-state index in [2.05, 4.69) is 0 Å². The fourth-order valence-corrected chi connectivity index (χ4v) is 2.24. The van der Waals surface area contributed by atoms with Gasteiger partial charge in [-0.2, -0.15) is 0 Å². The largest absolute Gasteiger partial charge is 0.304 e. The minimum Gasteiger partial charge on any atom is -0.304 e. The van der Waals surface area contributed by atoms with E-state index in [9.17, 15) is 9.59 Å².